The molecule has 160 valence electrons. The second kappa shape index (κ2) is 8.74. The molecule has 0 spiro atoms. The van der Waals surface area contributed by atoms with E-state index in [9.17, 15) is 24.5 Å². The summed E-state index contributed by atoms with van der Waals surface area (Å²) < 4.78 is 2.23. The summed E-state index contributed by atoms with van der Waals surface area (Å²) in [7, 11) is 2.88. The molecule has 0 bridgehead atoms. The Morgan fingerprint density at radius 1 is 1.19 bits per heavy atom. The van der Waals surface area contributed by atoms with Crippen molar-refractivity contribution in [1.82, 2.24) is 14.1 Å². The van der Waals surface area contributed by atoms with Gasteiger partial charge >= 0.3 is 5.69 Å². The lowest BCUT2D eigenvalue weighted by Crippen LogP contribution is -2.38. The maximum Gasteiger partial charge on any atom is 0.332 e. The van der Waals surface area contributed by atoms with Gasteiger partial charge in [0, 0.05) is 38.5 Å². The molecule has 1 N–H and O–H groups in total. The number of nitrogens with one attached hydrogen (secondary N) is 1. The highest BCUT2D eigenvalue weighted by molar-refractivity contribution is 6.07. The number of non-ortho nitro benzene ring substituents is 1. The van der Waals surface area contributed by atoms with Gasteiger partial charge in [0.05, 0.1) is 10.6 Å². The first kappa shape index (κ1) is 21.6. The molecule has 31 heavy (non-hydrogen) atoms. The second-order valence-corrected chi connectivity index (χ2v) is 6.98. The molecule has 10 nitrogen and oxygen atoms in total. The van der Waals surface area contributed by atoms with Crippen LogP contribution in [0.4, 0.5) is 11.4 Å². The van der Waals surface area contributed by atoms with Gasteiger partial charge < -0.3 is 5.32 Å². The number of amides is 1. The van der Waals surface area contributed by atoms with Crippen LogP contribution in [0.1, 0.15) is 24.5 Å². The van der Waals surface area contributed by atoms with Gasteiger partial charge in [-0.05, 0) is 35.8 Å². The fourth-order valence-electron chi connectivity index (χ4n) is 3.21. The number of nitro groups is 1. The van der Waals surface area contributed by atoms with E-state index in [1.165, 1.54) is 55.1 Å². The molecule has 0 fully saturated rings. The Bertz CT molecular complexity index is 1320. The lowest BCUT2D eigenvalue weighted by Gasteiger charge is -2.14. The summed E-state index contributed by atoms with van der Waals surface area (Å²) in [4.78, 5) is 52.1. The number of nitro benzene ring substituents is 1. The monoisotopic (exact) mass is 423 g/mol. The molecule has 2 heterocycles. The van der Waals surface area contributed by atoms with Crippen molar-refractivity contribution in [3.63, 3.8) is 0 Å². The van der Waals surface area contributed by atoms with Crippen LogP contribution >= 0.6 is 0 Å². The minimum absolute atomic E-state index is 0.0458. The number of aryl methyl sites for hydroxylation is 2. The lowest BCUT2D eigenvalue weighted by molar-refractivity contribution is -0.384. The van der Waals surface area contributed by atoms with Crippen molar-refractivity contribution in [2.75, 3.05) is 5.32 Å². The molecule has 1 amide bonds. The van der Waals surface area contributed by atoms with Crippen molar-refractivity contribution in [1.29, 1.82) is 0 Å². The largest absolute Gasteiger partial charge is 0.332 e. The molecular formula is C21H21N5O5. The van der Waals surface area contributed by atoms with Crippen LogP contribution in [0, 0.1) is 10.1 Å². The summed E-state index contributed by atoms with van der Waals surface area (Å²) in [5.74, 6) is -0.487. The predicted molar refractivity (Wildman–Crippen MR) is 117 cm³/mol. The van der Waals surface area contributed by atoms with Crippen LogP contribution in [0.2, 0.25) is 0 Å². The summed E-state index contributed by atoms with van der Waals surface area (Å²) >= 11 is 0. The van der Waals surface area contributed by atoms with Crippen LogP contribution in [-0.4, -0.2) is 24.9 Å². The minimum atomic E-state index is -0.543. The molecule has 3 rings (SSSR count). The molecule has 0 aliphatic rings. The molecule has 1 aromatic carbocycles. The van der Waals surface area contributed by atoms with Gasteiger partial charge in [0.15, 0.2) is 5.65 Å². The Balaban J connectivity index is 2.01. The van der Waals surface area contributed by atoms with Crippen molar-refractivity contribution in [3.05, 3.63) is 78.6 Å². The van der Waals surface area contributed by atoms with E-state index in [1.54, 1.807) is 6.20 Å². The summed E-state index contributed by atoms with van der Waals surface area (Å²) in [5.41, 5.74) is 0.691. The highest BCUT2D eigenvalue weighted by atomic mass is 16.6. The Hall–Kier alpha value is -4.08. The number of nitrogens with zero attached hydrogens (tertiary/aromatic N) is 4. The number of benzene rings is 1. The molecule has 10 heteroatoms. The number of carbonyl (C=O) groups excluding carboxylic acids is 1. The highest BCUT2D eigenvalue weighted by Crippen LogP contribution is 2.24. The van der Waals surface area contributed by atoms with Gasteiger partial charge in [-0.25, -0.2) is 9.78 Å². The van der Waals surface area contributed by atoms with Gasteiger partial charge in [0.1, 0.15) is 5.39 Å². The third-order valence-electron chi connectivity index (χ3n) is 4.85. The number of pyridine rings is 1. The average Bonchev–Trinajstić information content (AvgIpc) is 2.76. The SMILES string of the molecule is CCCc1cnc2c(c1NC(=O)/C=C\c1ccc([N+](=O)[O-])cc1)c(=O)n(C)c(=O)n2C. The molecule has 3 aromatic rings. The summed E-state index contributed by atoms with van der Waals surface area (Å²) in [5, 5.41) is 13.7. The average molecular weight is 423 g/mol. The highest BCUT2D eigenvalue weighted by Gasteiger charge is 2.18. The molecule has 0 saturated heterocycles. The quantitative estimate of drug-likeness (QED) is 0.367. The first-order valence-electron chi connectivity index (χ1n) is 9.55. The third kappa shape index (κ3) is 4.27. The summed E-state index contributed by atoms with van der Waals surface area (Å²) in [6, 6.07) is 5.74. The number of hydrogen-bond donors (Lipinski definition) is 1. The first-order valence-corrected chi connectivity index (χ1v) is 9.55. The van der Waals surface area contributed by atoms with Gasteiger partial charge in [-0.1, -0.05) is 13.3 Å². The Morgan fingerprint density at radius 3 is 2.48 bits per heavy atom. The Labute approximate surface area is 176 Å². The maximum atomic E-state index is 12.8. The van der Waals surface area contributed by atoms with E-state index in [0.29, 0.717) is 23.2 Å². The van der Waals surface area contributed by atoms with E-state index in [1.807, 2.05) is 6.92 Å². The third-order valence-corrected chi connectivity index (χ3v) is 4.85. The normalized spacial score (nSPS) is 11.2. The fourth-order valence-corrected chi connectivity index (χ4v) is 3.21. The van der Waals surface area contributed by atoms with Gasteiger partial charge in [0.2, 0.25) is 5.91 Å². The van der Waals surface area contributed by atoms with E-state index in [4.69, 9.17) is 0 Å². The molecule has 0 aliphatic heterocycles. The Morgan fingerprint density at radius 2 is 1.87 bits per heavy atom. The molecular weight excluding hydrogens is 402 g/mol. The number of carbonyl (C=O) groups is 1. The van der Waals surface area contributed by atoms with Crippen LogP contribution in [0.5, 0.6) is 0 Å². The van der Waals surface area contributed by atoms with Gasteiger partial charge in [-0.2, -0.15) is 0 Å². The number of hydrogen-bond acceptors (Lipinski definition) is 6. The predicted octanol–water partition coefficient (Wildman–Crippen LogP) is 2.14. The maximum absolute atomic E-state index is 12.8. The number of rotatable bonds is 6. The van der Waals surface area contributed by atoms with Gasteiger partial charge in [0.25, 0.3) is 11.2 Å². The zero-order valence-corrected chi connectivity index (χ0v) is 17.3. The minimum Gasteiger partial charge on any atom is -0.321 e. The lowest BCUT2D eigenvalue weighted by atomic mass is 10.1. The molecule has 2 aromatic heterocycles. The van der Waals surface area contributed by atoms with Crippen molar-refractivity contribution < 1.29 is 9.72 Å². The topological polar surface area (TPSA) is 129 Å². The molecule has 0 saturated carbocycles. The van der Waals surface area contributed by atoms with Crippen LogP contribution in [0.3, 0.4) is 0 Å². The summed E-state index contributed by atoms with van der Waals surface area (Å²) in [6.45, 7) is 1.96. The fraction of sp³-hybridized carbons (Fsp3) is 0.238. The van der Waals surface area contributed by atoms with Gasteiger partial charge in [-0.15, -0.1) is 0 Å². The smallest absolute Gasteiger partial charge is 0.321 e. The van der Waals surface area contributed by atoms with E-state index in [-0.39, 0.29) is 16.7 Å². The van der Waals surface area contributed by atoms with Crippen molar-refractivity contribution in [3.8, 4) is 0 Å². The molecule has 0 atom stereocenters. The molecule has 0 unspecified atom stereocenters. The second-order valence-electron chi connectivity index (χ2n) is 6.98. The van der Waals surface area contributed by atoms with E-state index in [2.05, 4.69) is 10.3 Å². The van der Waals surface area contributed by atoms with E-state index < -0.39 is 22.1 Å². The van der Waals surface area contributed by atoms with Crippen LogP contribution in [0.25, 0.3) is 17.1 Å². The zero-order valence-electron chi connectivity index (χ0n) is 17.3. The Kier molecular flexibility index (Phi) is 6.10. The first-order chi connectivity index (χ1) is 14.7. The van der Waals surface area contributed by atoms with Crippen LogP contribution in [0.15, 0.2) is 46.1 Å². The number of aromatic nitrogens is 3. The van der Waals surface area contributed by atoms with Crippen molar-refractivity contribution in [2.45, 2.75) is 19.8 Å². The summed E-state index contributed by atoms with van der Waals surface area (Å²) in [6.07, 6.45) is 5.68. The molecule has 0 radical (unpaired) electrons. The van der Waals surface area contributed by atoms with Crippen molar-refractivity contribution in [2.24, 2.45) is 14.1 Å². The van der Waals surface area contributed by atoms with Gasteiger partial charge in [-0.3, -0.25) is 28.8 Å². The van der Waals surface area contributed by atoms with E-state index in [0.717, 1.165) is 11.0 Å². The number of fused-ring (bicyclic) bond motifs is 1. The molecule has 0 aliphatic carbocycles. The number of anilines is 1. The van der Waals surface area contributed by atoms with Crippen LogP contribution < -0.4 is 16.6 Å². The standard InChI is InChI=1S/C21H21N5O5/c1-4-5-14-12-22-19-17(20(28)25(3)21(29)24(19)2)18(14)23-16(27)11-8-13-6-9-15(10-7-13)26(30)31/h6-12H,4-5H2,1-3H3,(H,22,23,27)/b11-8-. The zero-order chi connectivity index (χ0) is 22.7. The van der Waals surface area contributed by atoms with Crippen molar-refractivity contribution >= 4 is 34.4 Å². The van der Waals surface area contributed by atoms with Crippen LogP contribution in [-0.2, 0) is 25.3 Å². The van der Waals surface area contributed by atoms with E-state index >= 15 is 0 Å².